The monoisotopic (exact) mass is 280 g/mol. The van der Waals surface area contributed by atoms with Crippen LogP contribution in [0.4, 0.5) is 0 Å². The van der Waals surface area contributed by atoms with Crippen LogP contribution in [0, 0.1) is 0 Å². The van der Waals surface area contributed by atoms with Gasteiger partial charge in [0.25, 0.3) is 5.89 Å². The molecule has 1 unspecified atom stereocenters. The van der Waals surface area contributed by atoms with Crippen LogP contribution >= 0.6 is 11.3 Å². The minimum atomic E-state index is 0.343. The number of hydrogen-bond donors (Lipinski definition) is 1. The van der Waals surface area contributed by atoms with E-state index in [1.54, 1.807) is 11.3 Å². The lowest BCUT2D eigenvalue weighted by molar-refractivity contribution is 0.400. The quantitative estimate of drug-likeness (QED) is 0.877. The average molecular weight is 280 g/mol. The molecule has 0 spiro atoms. The summed E-state index contributed by atoms with van der Waals surface area (Å²) < 4.78 is 5.38. The third-order valence-corrected chi connectivity index (χ3v) is 3.82. The van der Waals surface area contributed by atoms with Gasteiger partial charge in [-0.2, -0.15) is 4.98 Å². The normalized spacial score (nSPS) is 13.1. The number of nitrogens with one attached hydrogen (secondary N) is 1. The van der Waals surface area contributed by atoms with Gasteiger partial charge in [0.1, 0.15) is 0 Å². The lowest BCUT2D eigenvalue weighted by Gasteiger charge is -2.08. The second-order valence-electron chi connectivity index (χ2n) is 4.92. The average Bonchev–Trinajstić information content (AvgIpc) is 2.97. The lowest BCUT2D eigenvalue weighted by Crippen LogP contribution is -2.24. The second kappa shape index (κ2) is 6.27. The Hall–Kier alpha value is -1.24. The number of aromatic nitrogens is 2. The highest BCUT2D eigenvalue weighted by atomic mass is 32.1. The molecule has 0 saturated carbocycles. The number of hydrogen-bond acceptors (Lipinski definition) is 6. The van der Waals surface area contributed by atoms with Crippen molar-refractivity contribution >= 4 is 11.3 Å². The summed E-state index contributed by atoms with van der Waals surface area (Å²) in [5.74, 6) is 1.38. The summed E-state index contributed by atoms with van der Waals surface area (Å²) in [5, 5.41) is 9.28. The first-order valence-electron chi connectivity index (χ1n) is 6.31. The fraction of sp³-hybridized carbons (Fsp3) is 0.538. The number of nitrogens with zero attached hydrogens (tertiary/aromatic N) is 3. The van der Waals surface area contributed by atoms with E-state index in [1.807, 2.05) is 7.05 Å². The van der Waals surface area contributed by atoms with Gasteiger partial charge in [-0.05, 0) is 45.1 Å². The molecule has 2 heterocycles. The highest BCUT2D eigenvalue weighted by Crippen LogP contribution is 2.29. The summed E-state index contributed by atoms with van der Waals surface area (Å²) >= 11 is 1.64. The maximum Gasteiger partial charge on any atom is 0.268 e. The fourth-order valence-corrected chi connectivity index (χ4v) is 2.63. The Bertz CT molecular complexity index is 520. The molecule has 0 amide bonds. The topological polar surface area (TPSA) is 54.2 Å². The van der Waals surface area contributed by atoms with E-state index < -0.39 is 0 Å². The number of likely N-dealkylation sites (N-methyl/N-ethyl adjacent to an activating group) is 1. The zero-order valence-electron chi connectivity index (χ0n) is 11.8. The molecule has 19 heavy (non-hydrogen) atoms. The van der Waals surface area contributed by atoms with Crippen molar-refractivity contribution in [3.63, 3.8) is 0 Å². The molecule has 0 aliphatic carbocycles. The van der Waals surface area contributed by atoms with E-state index in [1.165, 1.54) is 5.56 Å². The first-order chi connectivity index (χ1) is 9.10. The van der Waals surface area contributed by atoms with Crippen LogP contribution in [-0.4, -0.2) is 42.2 Å². The van der Waals surface area contributed by atoms with Gasteiger partial charge in [0.05, 0.1) is 4.88 Å². The van der Waals surface area contributed by atoms with E-state index in [-0.39, 0.29) is 0 Å². The molecule has 6 heteroatoms. The first-order valence-corrected chi connectivity index (χ1v) is 7.19. The van der Waals surface area contributed by atoms with Gasteiger partial charge in [0.2, 0.25) is 0 Å². The molecule has 5 nitrogen and oxygen atoms in total. The van der Waals surface area contributed by atoms with Crippen LogP contribution in [0.15, 0.2) is 16.0 Å². The highest BCUT2D eigenvalue weighted by Gasteiger charge is 2.15. The Morgan fingerprint density at radius 3 is 2.95 bits per heavy atom. The summed E-state index contributed by atoms with van der Waals surface area (Å²) in [7, 11) is 6.03. The molecule has 104 valence electrons. The Kier molecular flexibility index (Phi) is 4.68. The van der Waals surface area contributed by atoms with Crippen molar-refractivity contribution in [2.24, 2.45) is 0 Å². The summed E-state index contributed by atoms with van der Waals surface area (Å²) in [6.07, 6.45) is 0.772. The smallest absolute Gasteiger partial charge is 0.268 e. The zero-order chi connectivity index (χ0) is 13.8. The molecule has 0 aromatic carbocycles. The van der Waals surface area contributed by atoms with Gasteiger partial charge in [-0.15, -0.1) is 11.3 Å². The van der Waals surface area contributed by atoms with Crippen molar-refractivity contribution < 1.29 is 4.52 Å². The number of rotatable bonds is 6. The Morgan fingerprint density at radius 1 is 1.47 bits per heavy atom. The Balaban J connectivity index is 2.16. The Morgan fingerprint density at radius 2 is 2.26 bits per heavy atom. The lowest BCUT2D eigenvalue weighted by atomic mass is 10.2. The molecule has 0 aliphatic rings. The summed E-state index contributed by atoms with van der Waals surface area (Å²) in [5.41, 5.74) is 1.23. The van der Waals surface area contributed by atoms with Gasteiger partial charge >= 0.3 is 0 Å². The zero-order valence-corrected chi connectivity index (χ0v) is 12.6. The van der Waals surface area contributed by atoms with E-state index in [2.05, 4.69) is 52.8 Å². The van der Waals surface area contributed by atoms with Crippen molar-refractivity contribution in [1.29, 1.82) is 0 Å². The summed E-state index contributed by atoms with van der Waals surface area (Å²) in [6.45, 7) is 2.97. The molecular formula is C13H20N4OS. The SMILES string of the molecule is CNC(C)Cc1noc(-c2sccc2CN(C)C)n1. The van der Waals surface area contributed by atoms with Crippen LogP contribution in [0.5, 0.6) is 0 Å². The van der Waals surface area contributed by atoms with E-state index in [0.29, 0.717) is 11.9 Å². The molecule has 0 aliphatic heterocycles. The van der Waals surface area contributed by atoms with Crippen molar-refractivity contribution in [3.8, 4) is 10.8 Å². The van der Waals surface area contributed by atoms with Crippen LogP contribution < -0.4 is 5.32 Å². The molecule has 2 aromatic rings. The molecule has 0 fully saturated rings. The van der Waals surface area contributed by atoms with Gasteiger partial charge in [0, 0.05) is 19.0 Å². The second-order valence-corrected chi connectivity index (χ2v) is 5.84. The standard InChI is InChI=1S/C13H20N4OS/c1-9(14-2)7-11-15-13(18-16-11)12-10(5-6-19-12)8-17(3)4/h5-6,9,14H,7-8H2,1-4H3. The predicted octanol–water partition coefficient (Wildman–Crippen LogP) is 2.01. The van der Waals surface area contributed by atoms with E-state index in [0.717, 1.165) is 23.7 Å². The molecule has 0 radical (unpaired) electrons. The molecule has 0 bridgehead atoms. The van der Waals surface area contributed by atoms with Crippen LogP contribution in [0.2, 0.25) is 0 Å². The molecule has 1 atom stereocenters. The molecular weight excluding hydrogens is 260 g/mol. The minimum Gasteiger partial charge on any atom is -0.333 e. The van der Waals surface area contributed by atoms with Crippen molar-refractivity contribution in [2.75, 3.05) is 21.1 Å². The van der Waals surface area contributed by atoms with Gasteiger partial charge < -0.3 is 14.7 Å². The van der Waals surface area contributed by atoms with Crippen LogP contribution in [0.3, 0.4) is 0 Å². The molecule has 2 rings (SSSR count). The Labute approximate surface area is 117 Å². The minimum absolute atomic E-state index is 0.343. The van der Waals surface area contributed by atoms with E-state index in [4.69, 9.17) is 4.52 Å². The van der Waals surface area contributed by atoms with Crippen LogP contribution in [0.25, 0.3) is 10.8 Å². The third-order valence-electron chi connectivity index (χ3n) is 2.88. The van der Waals surface area contributed by atoms with Crippen molar-refractivity contribution in [2.45, 2.75) is 25.9 Å². The largest absolute Gasteiger partial charge is 0.333 e. The molecule has 1 N–H and O–H groups in total. The van der Waals surface area contributed by atoms with E-state index >= 15 is 0 Å². The van der Waals surface area contributed by atoms with Gasteiger partial charge in [0.15, 0.2) is 5.82 Å². The highest BCUT2D eigenvalue weighted by molar-refractivity contribution is 7.13. The summed E-state index contributed by atoms with van der Waals surface area (Å²) in [6, 6.07) is 2.45. The maximum absolute atomic E-state index is 5.38. The van der Waals surface area contributed by atoms with Gasteiger partial charge in [-0.25, -0.2) is 0 Å². The predicted molar refractivity (Wildman–Crippen MR) is 77.2 cm³/mol. The van der Waals surface area contributed by atoms with Crippen LogP contribution in [0.1, 0.15) is 18.3 Å². The van der Waals surface area contributed by atoms with Gasteiger partial charge in [-0.3, -0.25) is 0 Å². The van der Waals surface area contributed by atoms with Crippen molar-refractivity contribution in [3.05, 3.63) is 22.8 Å². The number of thiophene rings is 1. The summed E-state index contributed by atoms with van der Waals surface area (Å²) in [4.78, 5) is 7.69. The fourth-order valence-electron chi connectivity index (χ4n) is 1.79. The first kappa shape index (κ1) is 14.2. The molecule has 0 saturated heterocycles. The van der Waals surface area contributed by atoms with Gasteiger partial charge in [-0.1, -0.05) is 5.16 Å². The van der Waals surface area contributed by atoms with Crippen molar-refractivity contribution in [1.82, 2.24) is 20.4 Å². The maximum atomic E-state index is 5.38. The third kappa shape index (κ3) is 3.62. The molecule has 2 aromatic heterocycles. The van der Waals surface area contributed by atoms with Crippen LogP contribution in [-0.2, 0) is 13.0 Å². The van der Waals surface area contributed by atoms with E-state index in [9.17, 15) is 0 Å².